The van der Waals surface area contributed by atoms with Crippen molar-refractivity contribution in [2.24, 2.45) is 5.16 Å². The van der Waals surface area contributed by atoms with Crippen LogP contribution in [0.15, 0.2) is 5.16 Å². The van der Waals surface area contributed by atoms with Gasteiger partial charge in [0.2, 0.25) is 0 Å². The molecule has 1 atom stereocenters. The predicted octanol–water partition coefficient (Wildman–Crippen LogP) is 1.34. The molecule has 1 N–H and O–H groups in total. The minimum Gasteiger partial charge on any atom is -0.411 e. The lowest BCUT2D eigenvalue weighted by Crippen LogP contribution is -2.04. The summed E-state index contributed by atoms with van der Waals surface area (Å²) in [5.74, 6) is 1.11. The number of rotatable bonds is 0. The molecule has 1 aliphatic heterocycles. The second kappa shape index (κ2) is 2.40. The first-order valence-electron chi connectivity index (χ1n) is 2.67. The van der Waals surface area contributed by atoms with Crippen LogP contribution in [0.5, 0.6) is 0 Å². The van der Waals surface area contributed by atoms with Gasteiger partial charge in [0.25, 0.3) is 0 Å². The summed E-state index contributed by atoms with van der Waals surface area (Å²) in [6, 6.07) is 0. The molecular formula is C5H9NOS. The Kier molecular flexibility index (Phi) is 1.78. The summed E-state index contributed by atoms with van der Waals surface area (Å²) in [4.78, 5) is 0. The molecule has 0 bridgehead atoms. The second-order valence-electron chi connectivity index (χ2n) is 1.85. The Morgan fingerprint density at radius 3 is 2.88 bits per heavy atom. The van der Waals surface area contributed by atoms with Gasteiger partial charge in [0.05, 0.1) is 5.71 Å². The Morgan fingerprint density at radius 2 is 2.62 bits per heavy atom. The molecule has 1 fully saturated rings. The summed E-state index contributed by atoms with van der Waals surface area (Å²) >= 11 is 1.84. The number of nitrogens with zero attached hydrogens (tertiary/aromatic N) is 1. The molecule has 1 heterocycles. The Hall–Kier alpha value is -0.180. The van der Waals surface area contributed by atoms with Crippen molar-refractivity contribution < 1.29 is 5.21 Å². The van der Waals surface area contributed by atoms with Crippen molar-refractivity contribution in [1.82, 2.24) is 0 Å². The molecule has 1 unspecified atom stereocenters. The maximum absolute atomic E-state index is 8.31. The lowest BCUT2D eigenvalue weighted by atomic mass is 10.2. The van der Waals surface area contributed by atoms with Crippen LogP contribution in [0.3, 0.4) is 0 Å². The zero-order chi connectivity index (χ0) is 5.98. The van der Waals surface area contributed by atoms with Crippen LogP contribution in [0, 0.1) is 0 Å². The van der Waals surface area contributed by atoms with E-state index in [2.05, 4.69) is 12.1 Å². The Balaban J connectivity index is 2.55. The highest BCUT2D eigenvalue weighted by molar-refractivity contribution is 8.01. The molecule has 1 saturated heterocycles. The van der Waals surface area contributed by atoms with Crippen molar-refractivity contribution in [2.45, 2.75) is 18.6 Å². The van der Waals surface area contributed by atoms with E-state index >= 15 is 0 Å². The zero-order valence-electron chi connectivity index (χ0n) is 4.79. The standard InChI is InChI=1S/C5H9NOS/c1-4-5(6-7)2-3-8-4/h4,7H,2-3H2,1H3/b6-5+. The van der Waals surface area contributed by atoms with Crippen molar-refractivity contribution in [3.63, 3.8) is 0 Å². The second-order valence-corrected chi connectivity index (χ2v) is 3.30. The van der Waals surface area contributed by atoms with Gasteiger partial charge in [0.15, 0.2) is 0 Å². The quantitative estimate of drug-likeness (QED) is 0.397. The van der Waals surface area contributed by atoms with Gasteiger partial charge in [0.1, 0.15) is 0 Å². The van der Waals surface area contributed by atoms with E-state index in [0.717, 1.165) is 17.9 Å². The van der Waals surface area contributed by atoms with Crippen molar-refractivity contribution in [1.29, 1.82) is 0 Å². The van der Waals surface area contributed by atoms with Gasteiger partial charge in [-0.3, -0.25) is 0 Å². The molecule has 2 nitrogen and oxygen atoms in total. The summed E-state index contributed by atoms with van der Waals surface area (Å²) in [5, 5.41) is 11.9. The predicted molar refractivity (Wildman–Crippen MR) is 35.8 cm³/mol. The molecule has 46 valence electrons. The minimum absolute atomic E-state index is 0.444. The summed E-state index contributed by atoms with van der Waals surface area (Å²) in [6.07, 6.45) is 0.961. The first kappa shape index (κ1) is 5.95. The van der Waals surface area contributed by atoms with E-state index in [1.807, 2.05) is 11.8 Å². The number of hydrogen-bond acceptors (Lipinski definition) is 3. The zero-order valence-corrected chi connectivity index (χ0v) is 5.61. The van der Waals surface area contributed by atoms with Crippen molar-refractivity contribution in [3.8, 4) is 0 Å². The molecule has 0 aromatic heterocycles. The fourth-order valence-electron chi connectivity index (χ4n) is 0.771. The molecule has 3 heteroatoms. The maximum atomic E-state index is 8.31. The van der Waals surface area contributed by atoms with Gasteiger partial charge < -0.3 is 5.21 Å². The third kappa shape index (κ3) is 0.968. The van der Waals surface area contributed by atoms with Crippen LogP contribution in [0.25, 0.3) is 0 Å². The third-order valence-electron chi connectivity index (χ3n) is 1.32. The SMILES string of the molecule is CC1SCC/C1=N\O. The average molecular weight is 131 g/mol. The summed E-state index contributed by atoms with van der Waals surface area (Å²) in [7, 11) is 0. The van der Waals surface area contributed by atoms with E-state index in [1.165, 1.54) is 0 Å². The van der Waals surface area contributed by atoms with E-state index in [-0.39, 0.29) is 0 Å². The van der Waals surface area contributed by atoms with Crippen molar-refractivity contribution >= 4 is 17.5 Å². The van der Waals surface area contributed by atoms with Crippen LogP contribution in [-0.4, -0.2) is 21.9 Å². The van der Waals surface area contributed by atoms with E-state index in [1.54, 1.807) is 0 Å². The highest BCUT2D eigenvalue weighted by Crippen LogP contribution is 2.22. The molecule has 1 rings (SSSR count). The van der Waals surface area contributed by atoms with Gasteiger partial charge in [-0.05, 0) is 19.1 Å². The molecule has 0 aromatic carbocycles. The van der Waals surface area contributed by atoms with Gasteiger partial charge >= 0.3 is 0 Å². The van der Waals surface area contributed by atoms with Crippen LogP contribution in [0.4, 0.5) is 0 Å². The summed E-state index contributed by atoms with van der Waals surface area (Å²) in [5.41, 5.74) is 0.940. The molecule has 0 aliphatic carbocycles. The van der Waals surface area contributed by atoms with Gasteiger partial charge in [-0.2, -0.15) is 11.8 Å². The smallest absolute Gasteiger partial charge is 0.0705 e. The van der Waals surface area contributed by atoms with Crippen LogP contribution in [0.1, 0.15) is 13.3 Å². The van der Waals surface area contributed by atoms with Gasteiger partial charge in [-0.1, -0.05) is 5.16 Å². The van der Waals surface area contributed by atoms with E-state index in [9.17, 15) is 0 Å². The van der Waals surface area contributed by atoms with Crippen LogP contribution < -0.4 is 0 Å². The Labute approximate surface area is 53.0 Å². The molecule has 1 aliphatic rings. The lowest BCUT2D eigenvalue weighted by molar-refractivity contribution is 0.317. The maximum Gasteiger partial charge on any atom is 0.0705 e. The number of hydrogen-bond donors (Lipinski definition) is 1. The largest absolute Gasteiger partial charge is 0.411 e. The van der Waals surface area contributed by atoms with Crippen LogP contribution in [-0.2, 0) is 0 Å². The number of thioether (sulfide) groups is 1. The monoisotopic (exact) mass is 131 g/mol. The van der Waals surface area contributed by atoms with Crippen molar-refractivity contribution in [3.05, 3.63) is 0 Å². The lowest BCUT2D eigenvalue weighted by Gasteiger charge is -1.95. The molecule has 0 spiro atoms. The van der Waals surface area contributed by atoms with Gasteiger partial charge in [0, 0.05) is 5.25 Å². The summed E-state index contributed by atoms with van der Waals surface area (Å²) in [6.45, 7) is 2.06. The highest BCUT2D eigenvalue weighted by atomic mass is 32.2. The topological polar surface area (TPSA) is 32.6 Å². The fourth-order valence-corrected chi connectivity index (χ4v) is 1.81. The van der Waals surface area contributed by atoms with Gasteiger partial charge in [-0.25, -0.2) is 0 Å². The van der Waals surface area contributed by atoms with E-state index in [0.29, 0.717) is 5.25 Å². The normalized spacial score (nSPS) is 34.1. The number of oxime groups is 1. The van der Waals surface area contributed by atoms with Crippen molar-refractivity contribution in [2.75, 3.05) is 5.75 Å². The molecule has 0 aromatic rings. The highest BCUT2D eigenvalue weighted by Gasteiger charge is 2.17. The fraction of sp³-hybridized carbons (Fsp3) is 0.800. The first-order chi connectivity index (χ1) is 3.84. The molecular weight excluding hydrogens is 122 g/mol. The molecule has 0 saturated carbocycles. The molecule has 8 heavy (non-hydrogen) atoms. The summed E-state index contributed by atoms with van der Waals surface area (Å²) < 4.78 is 0. The average Bonchev–Trinajstić information content (AvgIpc) is 2.14. The Morgan fingerprint density at radius 1 is 1.88 bits per heavy atom. The first-order valence-corrected chi connectivity index (χ1v) is 3.72. The van der Waals surface area contributed by atoms with Crippen LogP contribution in [0.2, 0.25) is 0 Å². The van der Waals surface area contributed by atoms with Crippen LogP contribution >= 0.6 is 11.8 Å². The minimum atomic E-state index is 0.444. The third-order valence-corrected chi connectivity index (χ3v) is 2.54. The Bertz CT molecular complexity index is 113. The van der Waals surface area contributed by atoms with E-state index < -0.39 is 0 Å². The molecule has 0 amide bonds. The van der Waals surface area contributed by atoms with E-state index in [4.69, 9.17) is 5.21 Å². The van der Waals surface area contributed by atoms with Gasteiger partial charge in [-0.15, -0.1) is 0 Å². The molecule has 0 radical (unpaired) electrons.